The molecule has 4 heteroatoms. The summed E-state index contributed by atoms with van der Waals surface area (Å²) in [5, 5.41) is 3.44. The maximum absolute atomic E-state index is 5.81. The number of nitrogens with one attached hydrogen (secondary N) is 1. The van der Waals surface area contributed by atoms with Crippen LogP contribution < -0.4 is 10.1 Å². The second-order valence-electron chi connectivity index (χ2n) is 4.46. The van der Waals surface area contributed by atoms with Gasteiger partial charge in [0, 0.05) is 24.9 Å². The molecule has 0 saturated carbocycles. The summed E-state index contributed by atoms with van der Waals surface area (Å²) in [6.45, 7) is 7.81. The molecule has 2 atom stereocenters. The zero-order valence-electron chi connectivity index (χ0n) is 11.8. The van der Waals surface area contributed by atoms with Gasteiger partial charge in [-0.2, -0.15) is 0 Å². The van der Waals surface area contributed by atoms with Crippen molar-refractivity contribution in [1.82, 2.24) is 10.3 Å². The van der Waals surface area contributed by atoms with Crippen molar-refractivity contribution in [3.8, 4) is 5.88 Å². The van der Waals surface area contributed by atoms with Gasteiger partial charge in [-0.1, -0.05) is 13.0 Å². The van der Waals surface area contributed by atoms with Crippen molar-refractivity contribution in [3.05, 3.63) is 23.9 Å². The highest BCUT2D eigenvalue weighted by Crippen LogP contribution is 2.23. The molecule has 0 saturated heterocycles. The van der Waals surface area contributed by atoms with E-state index in [-0.39, 0.29) is 12.1 Å². The fourth-order valence-corrected chi connectivity index (χ4v) is 1.76. The fourth-order valence-electron chi connectivity index (χ4n) is 1.76. The van der Waals surface area contributed by atoms with Gasteiger partial charge in [-0.05, 0) is 32.9 Å². The van der Waals surface area contributed by atoms with Gasteiger partial charge in [-0.25, -0.2) is 4.98 Å². The van der Waals surface area contributed by atoms with Crippen molar-refractivity contribution in [3.63, 3.8) is 0 Å². The molecule has 1 aromatic heterocycles. The lowest BCUT2D eigenvalue weighted by atomic mass is 10.1. The fraction of sp³-hybridized carbons (Fsp3) is 0.643. The van der Waals surface area contributed by atoms with E-state index in [1.54, 1.807) is 13.3 Å². The molecular formula is C14H24N2O2. The quantitative estimate of drug-likeness (QED) is 0.772. The Kier molecular flexibility index (Phi) is 6.68. The van der Waals surface area contributed by atoms with Crippen LogP contribution in [0.2, 0.25) is 0 Å². The van der Waals surface area contributed by atoms with Crippen LogP contribution in [0.4, 0.5) is 0 Å². The summed E-state index contributed by atoms with van der Waals surface area (Å²) in [5.41, 5.74) is 1.09. The Bertz CT molecular complexity index is 344. The molecule has 1 N–H and O–H groups in total. The molecule has 4 nitrogen and oxygen atoms in total. The summed E-state index contributed by atoms with van der Waals surface area (Å²) >= 11 is 0. The Morgan fingerprint density at radius 3 is 2.83 bits per heavy atom. The Morgan fingerprint density at radius 2 is 2.17 bits per heavy atom. The minimum absolute atomic E-state index is 0.00188. The third-order valence-electron chi connectivity index (χ3n) is 2.68. The number of hydrogen-bond donors (Lipinski definition) is 1. The Morgan fingerprint density at radius 1 is 1.39 bits per heavy atom. The number of methoxy groups -OCH3 is 1. The highest BCUT2D eigenvalue weighted by molar-refractivity contribution is 5.28. The predicted molar refractivity (Wildman–Crippen MR) is 72.9 cm³/mol. The third kappa shape index (κ3) is 4.63. The van der Waals surface area contributed by atoms with Gasteiger partial charge in [0.15, 0.2) is 0 Å². The first-order chi connectivity index (χ1) is 8.69. The monoisotopic (exact) mass is 252 g/mol. The van der Waals surface area contributed by atoms with E-state index in [0.717, 1.165) is 18.5 Å². The summed E-state index contributed by atoms with van der Waals surface area (Å²) < 4.78 is 10.9. The Balaban J connectivity index is 2.72. The van der Waals surface area contributed by atoms with Crippen LogP contribution in [0, 0.1) is 0 Å². The zero-order valence-corrected chi connectivity index (χ0v) is 11.8. The maximum Gasteiger partial charge on any atom is 0.218 e. The van der Waals surface area contributed by atoms with E-state index >= 15 is 0 Å². The van der Waals surface area contributed by atoms with E-state index in [0.29, 0.717) is 12.5 Å². The van der Waals surface area contributed by atoms with Gasteiger partial charge >= 0.3 is 0 Å². The van der Waals surface area contributed by atoms with Gasteiger partial charge in [-0.3, -0.25) is 0 Å². The molecule has 0 aliphatic heterocycles. The second kappa shape index (κ2) is 8.06. The molecule has 18 heavy (non-hydrogen) atoms. The number of ether oxygens (including phenoxy) is 2. The first-order valence-corrected chi connectivity index (χ1v) is 6.52. The van der Waals surface area contributed by atoms with E-state index in [1.165, 1.54) is 0 Å². The number of pyridine rings is 1. The van der Waals surface area contributed by atoms with E-state index < -0.39 is 0 Å². The van der Waals surface area contributed by atoms with Crippen LogP contribution in [0.5, 0.6) is 5.88 Å². The van der Waals surface area contributed by atoms with Gasteiger partial charge in [0.1, 0.15) is 6.10 Å². The van der Waals surface area contributed by atoms with Gasteiger partial charge < -0.3 is 14.8 Å². The van der Waals surface area contributed by atoms with Crippen molar-refractivity contribution in [1.29, 1.82) is 0 Å². The molecule has 0 radical (unpaired) electrons. The van der Waals surface area contributed by atoms with E-state index in [9.17, 15) is 0 Å². The van der Waals surface area contributed by atoms with Crippen LogP contribution in [-0.2, 0) is 4.74 Å². The SMILES string of the molecule is CCCNC(C)c1cccnc1OC(C)COC. The van der Waals surface area contributed by atoms with Crippen LogP contribution in [-0.4, -0.2) is 31.3 Å². The van der Waals surface area contributed by atoms with Crippen LogP contribution in [0.1, 0.15) is 38.8 Å². The molecule has 0 amide bonds. The summed E-state index contributed by atoms with van der Waals surface area (Å²) in [6.07, 6.45) is 2.87. The molecular weight excluding hydrogens is 228 g/mol. The summed E-state index contributed by atoms with van der Waals surface area (Å²) in [7, 11) is 1.67. The molecule has 0 aromatic carbocycles. The number of aromatic nitrogens is 1. The molecule has 0 fully saturated rings. The number of nitrogens with zero attached hydrogens (tertiary/aromatic N) is 1. The molecule has 102 valence electrons. The van der Waals surface area contributed by atoms with Gasteiger partial charge in [-0.15, -0.1) is 0 Å². The predicted octanol–water partition coefficient (Wildman–Crippen LogP) is 2.56. The molecule has 1 rings (SSSR count). The van der Waals surface area contributed by atoms with Crippen molar-refractivity contribution in [2.24, 2.45) is 0 Å². The molecule has 2 unspecified atom stereocenters. The number of rotatable bonds is 8. The lowest BCUT2D eigenvalue weighted by molar-refractivity contribution is 0.0878. The van der Waals surface area contributed by atoms with Crippen LogP contribution >= 0.6 is 0 Å². The van der Waals surface area contributed by atoms with Gasteiger partial charge in [0.2, 0.25) is 5.88 Å². The lowest BCUT2D eigenvalue weighted by Crippen LogP contribution is -2.23. The molecule has 1 aromatic rings. The normalized spacial score (nSPS) is 14.2. The van der Waals surface area contributed by atoms with Crippen LogP contribution in [0.3, 0.4) is 0 Å². The first kappa shape index (κ1) is 14.9. The molecule has 0 spiro atoms. The van der Waals surface area contributed by atoms with Crippen molar-refractivity contribution in [2.45, 2.75) is 39.3 Å². The molecule has 0 bridgehead atoms. The average Bonchev–Trinajstić information content (AvgIpc) is 2.37. The Labute approximate surface area is 110 Å². The minimum atomic E-state index is 0.00188. The van der Waals surface area contributed by atoms with Crippen molar-refractivity contribution < 1.29 is 9.47 Å². The zero-order chi connectivity index (χ0) is 13.4. The summed E-state index contributed by atoms with van der Waals surface area (Å²) in [4.78, 5) is 4.31. The smallest absolute Gasteiger partial charge is 0.218 e. The molecule has 0 aliphatic rings. The molecule has 0 aliphatic carbocycles. The van der Waals surface area contributed by atoms with Gasteiger partial charge in [0.05, 0.1) is 6.61 Å². The highest BCUT2D eigenvalue weighted by Gasteiger charge is 2.14. The van der Waals surface area contributed by atoms with Gasteiger partial charge in [0.25, 0.3) is 0 Å². The number of hydrogen-bond acceptors (Lipinski definition) is 4. The van der Waals surface area contributed by atoms with Crippen LogP contribution in [0.25, 0.3) is 0 Å². The van der Waals surface area contributed by atoms with Crippen molar-refractivity contribution >= 4 is 0 Å². The third-order valence-corrected chi connectivity index (χ3v) is 2.68. The standard InChI is InChI=1S/C14H24N2O2/c1-5-8-15-12(3)13-7-6-9-16-14(13)18-11(2)10-17-4/h6-7,9,11-12,15H,5,8,10H2,1-4H3. The summed E-state index contributed by atoms with van der Waals surface area (Å²) in [6, 6.07) is 4.23. The largest absolute Gasteiger partial charge is 0.472 e. The summed E-state index contributed by atoms with van der Waals surface area (Å²) in [5.74, 6) is 0.693. The minimum Gasteiger partial charge on any atom is -0.472 e. The second-order valence-corrected chi connectivity index (χ2v) is 4.46. The topological polar surface area (TPSA) is 43.4 Å². The van der Waals surface area contributed by atoms with Crippen LogP contribution in [0.15, 0.2) is 18.3 Å². The van der Waals surface area contributed by atoms with Crippen molar-refractivity contribution in [2.75, 3.05) is 20.3 Å². The highest BCUT2D eigenvalue weighted by atomic mass is 16.5. The first-order valence-electron chi connectivity index (χ1n) is 6.52. The van der Waals surface area contributed by atoms with E-state index in [1.807, 2.05) is 13.0 Å². The average molecular weight is 252 g/mol. The Hall–Kier alpha value is -1.13. The molecule has 1 heterocycles. The maximum atomic E-state index is 5.81. The van der Waals surface area contributed by atoms with E-state index in [2.05, 4.69) is 30.2 Å². The van der Waals surface area contributed by atoms with E-state index in [4.69, 9.17) is 9.47 Å². The lowest BCUT2D eigenvalue weighted by Gasteiger charge is -2.19.